The van der Waals surface area contributed by atoms with Crippen molar-refractivity contribution in [1.29, 1.82) is 5.26 Å². The molecule has 2 saturated heterocycles. The number of hydrogen-bond donors (Lipinski definition) is 0. The lowest BCUT2D eigenvalue weighted by Crippen LogP contribution is -2.61. The highest BCUT2D eigenvalue weighted by atomic mass is 79.9. The summed E-state index contributed by atoms with van der Waals surface area (Å²) in [6.07, 6.45) is 2.85. The second-order valence-electron chi connectivity index (χ2n) is 10.6. The van der Waals surface area contributed by atoms with Gasteiger partial charge in [0.15, 0.2) is 0 Å². The van der Waals surface area contributed by atoms with E-state index in [0.717, 1.165) is 26.9 Å². The lowest BCUT2D eigenvalue weighted by molar-refractivity contribution is -0.142. The Bertz CT molecular complexity index is 1570. The molecule has 0 N–H and O–H groups in total. The van der Waals surface area contributed by atoms with Crippen molar-refractivity contribution >= 4 is 50.4 Å². The summed E-state index contributed by atoms with van der Waals surface area (Å²) in [6, 6.07) is 11.3. The van der Waals surface area contributed by atoms with Gasteiger partial charge in [-0.1, -0.05) is 22.5 Å². The molecule has 2 aromatic heterocycles. The minimum absolute atomic E-state index is 0.0495. The summed E-state index contributed by atoms with van der Waals surface area (Å²) in [4.78, 5) is 51.0. The highest BCUT2D eigenvalue weighted by molar-refractivity contribution is 9.10. The molecule has 1 unspecified atom stereocenters. The topological polar surface area (TPSA) is 106 Å². The molecule has 4 heterocycles. The van der Waals surface area contributed by atoms with Gasteiger partial charge in [0.25, 0.3) is 5.91 Å². The molecule has 0 radical (unpaired) electrons. The van der Waals surface area contributed by atoms with Crippen molar-refractivity contribution in [1.82, 2.24) is 24.3 Å². The van der Waals surface area contributed by atoms with Gasteiger partial charge in [0, 0.05) is 73.1 Å². The summed E-state index contributed by atoms with van der Waals surface area (Å²) in [5.74, 6) is 0.499. The molecule has 0 saturated carbocycles. The third-order valence-electron chi connectivity index (χ3n) is 8.17. The number of likely N-dealkylation sites (N-methyl/N-ethyl adjacent to an activating group) is 1. The van der Waals surface area contributed by atoms with Crippen LogP contribution in [0.15, 0.2) is 53.7 Å². The van der Waals surface area contributed by atoms with Gasteiger partial charge in [0.05, 0.1) is 17.2 Å². The zero-order valence-electron chi connectivity index (χ0n) is 23.4. The Morgan fingerprint density at radius 2 is 1.95 bits per heavy atom. The molecular weight excluding hydrogens is 586 g/mol. The zero-order valence-corrected chi connectivity index (χ0v) is 25.0. The van der Waals surface area contributed by atoms with Crippen molar-refractivity contribution in [2.75, 3.05) is 44.7 Å². The van der Waals surface area contributed by atoms with Crippen molar-refractivity contribution in [3.63, 3.8) is 0 Å². The number of likely N-dealkylation sites (tertiary alicyclic amines) is 1. The van der Waals surface area contributed by atoms with Crippen LogP contribution >= 0.6 is 15.9 Å². The quantitative estimate of drug-likeness (QED) is 0.393. The second kappa shape index (κ2) is 11.4. The number of nitrogens with zero attached hydrogens (tertiary/aromatic N) is 7. The Kier molecular flexibility index (Phi) is 7.87. The average molecular weight is 619 g/mol. The zero-order chi connectivity index (χ0) is 29.4. The van der Waals surface area contributed by atoms with Crippen LogP contribution in [0.1, 0.15) is 28.5 Å². The van der Waals surface area contributed by atoms with Crippen molar-refractivity contribution in [3.8, 4) is 6.07 Å². The highest BCUT2D eigenvalue weighted by Gasteiger charge is 2.36. The predicted octanol–water partition coefficient (Wildman–Crippen LogP) is 3.19. The van der Waals surface area contributed by atoms with E-state index in [4.69, 9.17) is 5.26 Å². The molecule has 2 aliphatic heterocycles. The van der Waals surface area contributed by atoms with E-state index in [9.17, 15) is 14.4 Å². The minimum Gasteiger partial charge on any atom is -0.353 e. The van der Waals surface area contributed by atoms with E-state index in [2.05, 4.69) is 38.5 Å². The third kappa shape index (κ3) is 5.32. The number of halogens is 1. The number of carbonyl (C=O) groups is 3. The smallest absolute Gasteiger partial charge is 0.256 e. The first-order valence-corrected chi connectivity index (χ1v) is 14.3. The number of amides is 3. The van der Waals surface area contributed by atoms with Gasteiger partial charge in [-0.2, -0.15) is 5.26 Å². The van der Waals surface area contributed by atoms with Crippen LogP contribution in [0.25, 0.3) is 10.9 Å². The largest absolute Gasteiger partial charge is 0.353 e. The van der Waals surface area contributed by atoms with Crippen LogP contribution in [-0.2, 0) is 16.1 Å². The molecule has 41 heavy (non-hydrogen) atoms. The van der Waals surface area contributed by atoms with Gasteiger partial charge in [-0.25, -0.2) is 4.98 Å². The van der Waals surface area contributed by atoms with Crippen LogP contribution in [0.2, 0.25) is 0 Å². The third-order valence-corrected chi connectivity index (χ3v) is 8.66. The van der Waals surface area contributed by atoms with Crippen LogP contribution < -0.4 is 4.90 Å². The van der Waals surface area contributed by atoms with E-state index in [1.54, 1.807) is 29.1 Å². The average Bonchev–Trinajstić information content (AvgIpc) is 3.21. The maximum absolute atomic E-state index is 14.1. The molecule has 5 rings (SSSR count). The summed E-state index contributed by atoms with van der Waals surface area (Å²) < 4.78 is 2.77. The summed E-state index contributed by atoms with van der Waals surface area (Å²) >= 11 is 3.55. The maximum Gasteiger partial charge on any atom is 0.256 e. The Morgan fingerprint density at radius 1 is 1.20 bits per heavy atom. The van der Waals surface area contributed by atoms with Gasteiger partial charge in [-0.15, -0.1) is 0 Å². The van der Waals surface area contributed by atoms with Gasteiger partial charge in [0.2, 0.25) is 11.8 Å². The van der Waals surface area contributed by atoms with Crippen molar-refractivity contribution < 1.29 is 14.4 Å². The van der Waals surface area contributed by atoms with Crippen molar-refractivity contribution in [3.05, 3.63) is 70.5 Å². The Balaban J connectivity index is 1.36. The van der Waals surface area contributed by atoms with Crippen LogP contribution in [0.3, 0.4) is 0 Å². The Labute approximate surface area is 247 Å². The standard InChI is InChI=1S/C30H32BrN7O3/c1-5-27(39)36-16-23(17-36)34(4)28(40)18-38-20(3)29(24-12-22(31)7-8-25(24)38)30(41)37-11-10-35(15-19(37)2)26-9-6-21(13-32)14-33-26/h5-9,12,14,19,23H,1,10-11,15-18H2,2-4H3. The molecule has 0 spiro atoms. The second-order valence-corrected chi connectivity index (χ2v) is 11.5. The van der Waals surface area contributed by atoms with E-state index in [0.29, 0.717) is 43.9 Å². The number of aromatic nitrogens is 2. The van der Waals surface area contributed by atoms with E-state index in [1.807, 2.05) is 47.6 Å². The lowest BCUT2D eigenvalue weighted by atomic mass is 10.1. The maximum atomic E-state index is 14.1. The summed E-state index contributed by atoms with van der Waals surface area (Å²) in [6.45, 7) is 10.2. The Morgan fingerprint density at radius 3 is 2.59 bits per heavy atom. The number of pyridine rings is 1. The first-order chi connectivity index (χ1) is 19.6. The molecule has 3 aromatic rings. The molecule has 10 nitrogen and oxygen atoms in total. The monoisotopic (exact) mass is 617 g/mol. The number of anilines is 1. The van der Waals surface area contributed by atoms with Crippen LogP contribution in [0.4, 0.5) is 5.82 Å². The lowest BCUT2D eigenvalue weighted by Gasteiger charge is -2.43. The van der Waals surface area contributed by atoms with E-state index >= 15 is 0 Å². The van der Waals surface area contributed by atoms with Gasteiger partial charge < -0.3 is 24.2 Å². The number of fused-ring (bicyclic) bond motifs is 1. The number of carbonyl (C=O) groups excluding carboxylic acids is 3. The normalized spacial score (nSPS) is 17.2. The molecule has 2 aliphatic rings. The highest BCUT2D eigenvalue weighted by Crippen LogP contribution is 2.31. The SMILES string of the molecule is C=CC(=O)N1CC(N(C)C(=O)Cn2c(C)c(C(=O)N3CCN(c4ccc(C#N)cn4)CC3C)c3cc(Br)ccc32)C1. The number of benzene rings is 1. The van der Waals surface area contributed by atoms with Crippen LogP contribution in [0.5, 0.6) is 0 Å². The fourth-order valence-corrected chi connectivity index (χ4v) is 6.00. The summed E-state index contributed by atoms with van der Waals surface area (Å²) in [7, 11) is 1.76. The van der Waals surface area contributed by atoms with E-state index < -0.39 is 0 Å². The van der Waals surface area contributed by atoms with Crippen LogP contribution in [-0.4, -0.2) is 93.8 Å². The van der Waals surface area contributed by atoms with E-state index in [-0.39, 0.29) is 36.3 Å². The summed E-state index contributed by atoms with van der Waals surface area (Å²) in [5, 5.41) is 9.86. The summed E-state index contributed by atoms with van der Waals surface area (Å²) in [5.41, 5.74) is 2.67. The number of rotatable bonds is 6. The first-order valence-electron chi connectivity index (χ1n) is 13.5. The molecule has 3 amide bonds. The van der Waals surface area contributed by atoms with Crippen LogP contribution in [0, 0.1) is 18.3 Å². The minimum atomic E-state index is -0.133. The fraction of sp³-hybridized carbons (Fsp3) is 0.367. The first kappa shape index (κ1) is 28.4. The van der Waals surface area contributed by atoms with Gasteiger partial charge >= 0.3 is 0 Å². The fourth-order valence-electron chi connectivity index (χ4n) is 5.64. The molecular formula is C30H32BrN7O3. The van der Waals surface area contributed by atoms with Gasteiger partial charge in [0.1, 0.15) is 18.4 Å². The number of hydrogen-bond acceptors (Lipinski definition) is 6. The molecule has 1 aromatic carbocycles. The van der Waals surface area contributed by atoms with Gasteiger partial charge in [-0.3, -0.25) is 14.4 Å². The van der Waals surface area contributed by atoms with E-state index in [1.165, 1.54) is 6.08 Å². The van der Waals surface area contributed by atoms with Gasteiger partial charge in [-0.05, 0) is 50.3 Å². The molecule has 11 heteroatoms. The molecule has 0 aliphatic carbocycles. The molecule has 212 valence electrons. The van der Waals surface area contributed by atoms with Crippen molar-refractivity contribution in [2.45, 2.75) is 32.5 Å². The van der Waals surface area contributed by atoms with Crippen molar-refractivity contribution in [2.24, 2.45) is 0 Å². The molecule has 0 bridgehead atoms. The molecule has 1 atom stereocenters. The number of nitriles is 1. The predicted molar refractivity (Wildman–Crippen MR) is 159 cm³/mol. The number of piperazine rings is 1. The molecule has 2 fully saturated rings. The Hall–Kier alpha value is -4.17.